The Morgan fingerprint density at radius 3 is 1.52 bits per heavy atom. The van der Waals surface area contributed by atoms with Crippen LogP contribution in [-0.4, -0.2) is 25.1 Å². The second kappa shape index (κ2) is 14.1. The Morgan fingerprint density at radius 1 is 0.741 bits per heavy atom. The Labute approximate surface area is 176 Å². The van der Waals surface area contributed by atoms with E-state index in [9.17, 15) is 0 Å². The second-order valence-electron chi connectivity index (χ2n) is 8.69. The van der Waals surface area contributed by atoms with Gasteiger partial charge in [0, 0.05) is 0 Å². The summed E-state index contributed by atoms with van der Waals surface area (Å²) in [7, 11) is 0. The van der Waals surface area contributed by atoms with Gasteiger partial charge in [0.2, 0.25) is 0 Å². The van der Waals surface area contributed by atoms with Crippen LogP contribution in [0.1, 0.15) is 86.5 Å². The zero-order chi connectivity index (χ0) is 20.1. The van der Waals surface area contributed by atoms with Crippen LogP contribution in [0.4, 0.5) is 0 Å². The van der Waals surface area contributed by atoms with Crippen LogP contribution in [0, 0.1) is 5.92 Å². The number of rotatable bonds is 15. The van der Waals surface area contributed by atoms with E-state index in [1.165, 1.54) is 57.6 Å². The molecule has 1 aliphatic rings. The molecule has 0 saturated carbocycles. The maximum absolute atomic E-state index is 2.53. The zero-order valence-corrected chi connectivity index (χ0v) is 22.3. The SMILES string of the molecule is CCC[CH2][Sn]([CH2]CCC)([CH2]CCC)/[C](=C(\CC)B(CC)CC)C1C=CC=C1. The van der Waals surface area contributed by atoms with Crippen molar-refractivity contribution in [2.24, 2.45) is 5.92 Å². The van der Waals surface area contributed by atoms with E-state index in [2.05, 4.69) is 69.4 Å². The van der Waals surface area contributed by atoms with Crippen LogP contribution in [-0.2, 0) is 0 Å². The fourth-order valence-electron chi connectivity index (χ4n) is 5.34. The molecule has 0 aliphatic heterocycles. The standard InChI is InChI=1S/C13H20B.3C4H9.Sn/c1-4-13(14(5-2)6-3)11-12-9-7-8-10-12;3*1-3-4-2;/h7-10,12H,4-6H2,1-3H3;3*1,3-4H2,2H3;. The maximum atomic E-state index is 2.53. The molecule has 0 aromatic carbocycles. The van der Waals surface area contributed by atoms with E-state index in [4.69, 9.17) is 0 Å². The summed E-state index contributed by atoms with van der Waals surface area (Å²) in [6.07, 6.45) is 22.1. The van der Waals surface area contributed by atoms with Crippen molar-refractivity contribution < 1.29 is 0 Å². The summed E-state index contributed by atoms with van der Waals surface area (Å²) in [6, 6.07) is 0. The van der Waals surface area contributed by atoms with E-state index in [0.717, 1.165) is 6.71 Å². The van der Waals surface area contributed by atoms with Gasteiger partial charge in [0.05, 0.1) is 0 Å². The van der Waals surface area contributed by atoms with E-state index in [0.29, 0.717) is 5.92 Å². The molecule has 154 valence electrons. The Hall–Kier alpha value is 0.0836. The van der Waals surface area contributed by atoms with Crippen molar-refractivity contribution in [1.29, 1.82) is 0 Å². The molecule has 0 atom stereocenters. The molecule has 0 N–H and O–H groups in total. The van der Waals surface area contributed by atoms with Gasteiger partial charge in [-0.05, 0) is 0 Å². The van der Waals surface area contributed by atoms with Gasteiger partial charge in [-0.2, -0.15) is 0 Å². The van der Waals surface area contributed by atoms with Crippen LogP contribution in [0.5, 0.6) is 0 Å². The molecule has 0 heterocycles. The third-order valence-electron chi connectivity index (χ3n) is 6.88. The fraction of sp³-hybridized carbons (Fsp3) is 0.760. The van der Waals surface area contributed by atoms with Gasteiger partial charge in [0.25, 0.3) is 0 Å². The van der Waals surface area contributed by atoms with Gasteiger partial charge in [-0.15, -0.1) is 0 Å². The van der Waals surface area contributed by atoms with Gasteiger partial charge < -0.3 is 0 Å². The van der Waals surface area contributed by atoms with Crippen molar-refractivity contribution in [2.75, 3.05) is 0 Å². The molecule has 0 spiro atoms. The van der Waals surface area contributed by atoms with E-state index in [1.54, 1.807) is 13.3 Å². The van der Waals surface area contributed by atoms with Crippen molar-refractivity contribution in [2.45, 2.75) is 112 Å². The predicted molar refractivity (Wildman–Crippen MR) is 131 cm³/mol. The predicted octanol–water partition coefficient (Wildman–Crippen LogP) is 8.90. The van der Waals surface area contributed by atoms with Crippen LogP contribution < -0.4 is 0 Å². The van der Waals surface area contributed by atoms with Crippen LogP contribution in [0.2, 0.25) is 26.0 Å². The minimum absolute atomic E-state index is 0.641. The van der Waals surface area contributed by atoms with E-state index >= 15 is 0 Å². The minimum atomic E-state index is -2.41. The number of hydrogen-bond donors (Lipinski definition) is 0. The summed E-state index contributed by atoms with van der Waals surface area (Å²) in [5.41, 5.74) is 1.90. The molecule has 0 radical (unpaired) electrons. The first-order chi connectivity index (χ1) is 13.1. The molecule has 0 fully saturated rings. The summed E-state index contributed by atoms with van der Waals surface area (Å²) >= 11 is -2.41. The molecule has 1 aliphatic carbocycles. The summed E-state index contributed by atoms with van der Waals surface area (Å²) in [6.45, 7) is 15.3. The van der Waals surface area contributed by atoms with Gasteiger partial charge in [0.1, 0.15) is 0 Å². The Morgan fingerprint density at radius 2 is 1.19 bits per heavy atom. The first kappa shape index (κ1) is 25.1. The van der Waals surface area contributed by atoms with Crippen molar-refractivity contribution in [3.8, 4) is 0 Å². The molecule has 0 nitrogen and oxygen atoms in total. The van der Waals surface area contributed by atoms with Crippen LogP contribution in [0.3, 0.4) is 0 Å². The Kier molecular flexibility index (Phi) is 13.1. The van der Waals surface area contributed by atoms with Crippen LogP contribution in [0.15, 0.2) is 33.4 Å². The van der Waals surface area contributed by atoms with Gasteiger partial charge in [-0.25, -0.2) is 0 Å². The monoisotopic (exact) mass is 478 g/mol. The summed E-state index contributed by atoms with van der Waals surface area (Å²) in [5, 5.41) is 0. The van der Waals surface area contributed by atoms with Crippen molar-refractivity contribution in [3.05, 3.63) is 33.4 Å². The third-order valence-corrected chi connectivity index (χ3v) is 23.2. The van der Waals surface area contributed by atoms with Crippen LogP contribution in [0.25, 0.3) is 0 Å². The molecule has 27 heavy (non-hydrogen) atoms. The number of allylic oxidation sites excluding steroid dienone is 6. The molecular formula is C25H47BSn. The molecule has 2 heteroatoms. The third kappa shape index (κ3) is 7.12. The first-order valence-electron chi connectivity index (χ1n) is 12.2. The average molecular weight is 477 g/mol. The van der Waals surface area contributed by atoms with Gasteiger partial charge in [-0.3, -0.25) is 0 Å². The number of unbranched alkanes of at least 4 members (excludes halogenated alkanes) is 3. The zero-order valence-electron chi connectivity index (χ0n) is 19.4. The molecule has 0 aromatic heterocycles. The molecule has 0 saturated heterocycles. The Bertz CT molecular complexity index is 451. The fourth-order valence-corrected chi connectivity index (χ4v) is 24.2. The molecule has 0 amide bonds. The van der Waals surface area contributed by atoms with Gasteiger partial charge in [-0.1, -0.05) is 0 Å². The van der Waals surface area contributed by atoms with E-state index < -0.39 is 18.4 Å². The quantitative estimate of drug-likeness (QED) is 0.207. The molecule has 0 unspecified atom stereocenters. The second-order valence-corrected chi connectivity index (χ2v) is 21.8. The normalized spacial score (nSPS) is 15.5. The van der Waals surface area contributed by atoms with E-state index in [1.807, 2.05) is 5.47 Å². The number of hydrogen-bond acceptors (Lipinski definition) is 0. The summed E-state index contributed by atoms with van der Waals surface area (Å²) < 4.78 is 6.85. The van der Waals surface area contributed by atoms with Crippen molar-refractivity contribution in [1.82, 2.24) is 0 Å². The van der Waals surface area contributed by atoms with E-state index in [-0.39, 0.29) is 0 Å². The summed E-state index contributed by atoms with van der Waals surface area (Å²) in [4.78, 5) is 0. The molecular weight excluding hydrogens is 430 g/mol. The summed E-state index contributed by atoms with van der Waals surface area (Å²) in [5.74, 6) is 0.641. The molecule has 1 rings (SSSR count). The van der Waals surface area contributed by atoms with Crippen molar-refractivity contribution >= 4 is 25.1 Å². The topological polar surface area (TPSA) is 0 Å². The van der Waals surface area contributed by atoms with Gasteiger partial charge in [0.15, 0.2) is 0 Å². The molecule has 0 aromatic rings. The van der Waals surface area contributed by atoms with Gasteiger partial charge >= 0.3 is 177 Å². The van der Waals surface area contributed by atoms with Crippen molar-refractivity contribution in [3.63, 3.8) is 0 Å². The Balaban J connectivity index is 3.57. The molecule has 0 bridgehead atoms. The first-order valence-corrected chi connectivity index (χ1v) is 19.7. The van der Waals surface area contributed by atoms with Crippen LogP contribution >= 0.6 is 0 Å². The average Bonchev–Trinajstić information content (AvgIpc) is 3.22.